The van der Waals surface area contributed by atoms with Crippen molar-refractivity contribution in [2.24, 2.45) is 11.0 Å². The molecule has 0 saturated carbocycles. The molecule has 0 aromatic heterocycles. The van der Waals surface area contributed by atoms with Crippen LogP contribution in [-0.2, 0) is 11.2 Å². The van der Waals surface area contributed by atoms with Crippen molar-refractivity contribution >= 4 is 17.3 Å². The van der Waals surface area contributed by atoms with E-state index in [1.54, 1.807) is 0 Å². The van der Waals surface area contributed by atoms with Gasteiger partial charge in [-0.2, -0.15) is 5.10 Å². The number of hydrogen-bond donors (Lipinski definition) is 0. The third-order valence-corrected chi connectivity index (χ3v) is 3.55. The second-order valence-electron chi connectivity index (χ2n) is 4.97. The molecule has 20 heavy (non-hydrogen) atoms. The van der Waals surface area contributed by atoms with E-state index in [4.69, 9.17) is 0 Å². The molecule has 2 aromatic rings. The standard InChI is InChI=1S/C17H16N2O/c1-13-16(12-14-8-4-2-5-9-14)17(20)19(18-13)15-10-6-3-7-11-15/h2-11,16H,12H2,1H3. The number of benzene rings is 2. The van der Waals surface area contributed by atoms with E-state index in [1.165, 1.54) is 5.01 Å². The molecule has 1 aliphatic heterocycles. The van der Waals surface area contributed by atoms with Crippen molar-refractivity contribution in [1.82, 2.24) is 0 Å². The van der Waals surface area contributed by atoms with E-state index >= 15 is 0 Å². The van der Waals surface area contributed by atoms with Crippen LogP contribution in [0.5, 0.6) is 0 Å². The van der Waals surface area contributed by atoms with E-state index < -0.39 is 0 Å². The van der Waals surface area contributed by atoms with Crippen LogP contribution in [0.2, 0.25) is 0 Å². The molecule has 0 fully saturated rings. The molecule has 1 heterocycles. The zero-order valence-electron chi connectivity index (χ0n) is 11.4. The maximum absolute atomic E-state index is 12.5. The quantitative estimate of drug-likeness (QED) is 0.837. The summed E-state index contributed by atoms with van der Waals surface area (Å²) in [5.41, 5.74) is 2.87. The lowest BCUT2D eigenvalue weighted by atomic mass is 9.95. The average molecular weight is 264 g/mol. The van der Waals surface area contributed by atoms with Gasteiger partial charge in [0.1, 0.15) is 0 Å². The summed E-state index contributed by atoms with van der Waals surface area (Å²) < 4.78 is 0. The van der Waals surface area contributed by atoms with Crippen LogP contribution in [0, 0.1) is 5.92 Å². The number of para-hydroxylation sites is 1. The molecule has 0 spiro atoms. The Kier molecular flexibility index (Phi) is 3.33. The number of anilines is 1. The first-order valence-corrected chi connectivity index (χ1v) is 6.74. The molecule has 3 nitrogen and oxygen atoms in total. The van der Waals surface area contributed by atoms with Gasteiger partial charge in [0.25, 0.3) is 5.91 Å². The number of hydrogen-bond acceptors (Lipinski definition) is 2. The van der Waals surface area contributed by atoms with Crippen molar-refractivity contribution in [1.29, 1.82) is 0 Å². The van der Waals surface area contributed by atoms with Crippen LogP contribution in [0.4, 0.5) is 5.69 Å². The minimum atomic E-state index is -0.155. The van der Waals surface area contributed by atoms with Crippen molar-refractivity contribution in [3.8, 4) is 0 Å². The SMILES string of the molecule is CC1=NN(c2ccccc2)C(=O)C1Cc1ccccc1. The number of nitrogens with zero attached hydrogens (tertiary/aromatic N) is 2. The highest BCUT2D eigenvalue weighted by Crippen LogP contribution is 2.25. The summed E-state index contributed by atoms with van der Waals surface area (Å²) in [5, 5.41) is 5.93. The molecule has 3 heteroatoms. The Hall–Kier alpha value is -2.42. The molecule has 1 amide bonds. The van der Waals surface area contributed by atoms with Crippen LogP contribution in [0.25, 0.3) is 0 Å². The van der Waals surface area contributed by atoms with Gasteiger partial charge in [0.05, 0.1) is 11.6 Å². The number of rotatable bonds is 3. The van der Waals surface area contributed by atoms with Crippen molar-refractivity contribution < 1.29 is 4.79 Å². The molecule has 0 bridgehead atoms. The molecular formula is C17H16N2O. The Bertz CT molecular complexity index is 635. The molecule has 0 saturated heterocycles. The van der Waals surface area contributed by atoms with Crippen LogP contribution in [-0.4, -0.2) is 11.6 Å². The lowest BCUT2D eigenvalue weighted by Gasteiger charge is -2.14. The normalized spacial score (nSPS) is 18.2. The summed E-state index contributed by atoms with van der Waals surface area (Å²) in [4.78, 5) is 12.5. The Labute approximate surface area is 118 Å². The summed E-state index contributed by atoms with van der Waals surface area (Å²) in [6, 6.07) is 19.6. The first kappa shape index (κ1) is 12.6. The highest BCUT2D eigenvalue weighted by Gasteiger charge is 2.34. The predicted octanol–water partition coefficient (Wildman–Crippen LogP) is 3.27. The fourth-order valence-electron chi connectivity index (χ4n) is 2.44. The first-order valence-electron chi connectivity index (χ1n) is 6.74. The van der Waals surface area contributed by atoms with Crippen LogP contribution in [0.1, 0.15) is 12.5 Å². The molecule has 100 valence electrons. The van der Waals surface area contributed by atoms with E-state index in [9.17, 15) is 4.79 Å². The summed E-state index contributed by atoms with van der Waals surface area (Å²) in [7, 11) is 0. The van der Waals surface area contributed by atoms with E-state index in [0.29, 0.717) is 6.42 Å². The number of hydrazone groups is 1. The van der Waals surface area contributed by atoms with Gasteiger partial charge in [0.15, 0.2) is 0 Å². The highest BCUT2D eigenvalue weighted by atomic mass is 16.2. The second-order valence-corrected chi connectivity index (χ2v) is 4.97. The molecule has 0 N–H and O–H groups in total. The van der Waals surface area contributed by atoms with Gasteiger partial charge in [-0.05, 0) is 31.0 Å². The maximum atomic E-state index is 12.5. The van der Waals surface area contributed by atoms with Gasteiger partial charge in [0.2, 0.25) is 0 Å². The molecule has 3 rings (SSSR count). The van der Waals surface area contributed by atoms with Gasteiger partial charge in [-0.15, -0.1) is 0 Å². The maximum Gasteiger partial charge on any atom is 0.256 e. The summed E-state index contributed by atoms with van der Waals surface area (Å²) in [6.07, 6.45) is 0.707. The van der Waals surface area contributed by atoms with Crippen LogP contribution >= 0.6 is 0 Å². The lowest BCUT2D eigenvalue weighted by molar-refractivity contribution is -0.119. The Balaban J connectivity index is 1.82. The molecule has 1 unspecified atom stereocenters. The Morgan fingerprint density at radius 1 is 1.00 bits per heavy atom. The fraction of sp³-hybridized carbons (Fsp3) is 0.176. The largest absolute Gasteiger partial charge is 0.272 e. The van der Waals surface area contributed by atoms with E-state index in [0.717, 1.165) is 17.0 Å². The Morgan fingerprint density at radius 2 is 1.60 bits per heavy atom. The molecule has 0 radical (unpaired) electrons. The number of amides is 1. The zero-order valence-corrected chi connectivity index (χ0v) is 11.4. The molecule has 2 aromatic carbocycles. The smallest absolute Gasteiger partial charge is 0.256 e. The fourth-order valence-corrected chi connectivity index (χ4v) is 2.44. The van der Waals surface area contributed by atoms with E-state index in [1.807, 2.05) is 67.6 Å². The summed E-state index contributed by atoms with van der Waals surface area (Å²) in [6.45, 7) is 1.93. The number of carbonyl (C=O) groups excluding carboxylic acids is 1. The first-order chi connectivity index (χ1) is 9.75. The second kappa shape index (κ2) is 5.29. The van der Waals surface area contributed by atoms with Crippen molar-refractivity contribution in [2.45, 2.75) is 13.3 Å². The van der Waals surface area contributed by atoms with Crippen LogP contribution in [0.3, 0.4) is 0 Å². The highest BCUT2D eigenvalue weighted by molar-refractivity contribution is 6.14. The molecule has 1 atom stereocenters. The van der Waals surface area contributed by atoms with Crippen molar-refractivity contribution in [2.75, 3.05) is 5.01 Å². The van der Waals surface area contributed by atoms with Crippen LogP contribution in [0.15, 0.2) is 65.8 Å². The minimum absolute atomic E-state index is 0.0533. The molecular weight excluding hydrogens is 248 g/mol. The van der Waals surface area contributed by atoms with Crippen LogP contribution < -0.4 is 5.01 Å². The van der Waals surface area contributed by atoms with Gasteiger partial charge < -0.3 is 0 Å². The third-order valence-electron chi connectivity index (χ3n) is 3.55. The van der Waals surface area contributed by atoms with Crippen molar-refractivity contribution in [3.05, 3.63) is 66.2 Å². The third kappa shape index (κ3) is 2.35. The van der Waals surface area contributed by atoms with Crippen molar-refractivity contribution in [3.63, 3.8) is 0 Å². The molecule has 0 aliphatic carbocycles. The number of carbonyl (C=O) groups is 1. The topological polar surface area (TPSA) is 32.7 Å². The lowest BCUT2D eigenvalue weighted by Crippen LogP contribution is -2.28. The monoisotopic (exact) mass is 264 g/mol. The summed E-state index contributed by atoms with van der Waals surface area (Å²) in [5.74, 6) is -0.102. The van der Waals surface area contributed by atoms with Gasteiger partial charge in [-0.25, -0.2) is 5.01 Å². The van der Waals surface area contributed by atoms with Gasteiger partial charge in [0, 0.05) is 5.71 Å². The van der Waals surface area contributed by atoms with Gasteiger partial charge >= 0.3 is 0 Å². The predicted molar refractivity (Wildman–Crippen MR) is 80.7 cm³/mol. The zero-order chi connectivity index (χ0) is 13.9. The average Bonchev–Trinajstić information content (AvgIpc) is 2.77. The van der Waals surface area contributed by atoms with Gasteiger partial charge in [-0.3, -0.25) is 4.79 Å². The minimum Gasteiger partial charge on any atom is -0.272 e. The van der Waals surface area contributed by atoms with E-state index in [-0.39, 0.29) is 11.8 Å². The van der Waals surface area contributed by atoms with Gasteiger partial charge in [-0.1, -0.05) is 48.5 Å². The Morgan fingerprint density at radius 3 is 2.25 bits per heavy atom. The van der Waals surface area contributed by atoms with E-state index in [2.05, 4.69) is 5.10 Å². The summed E-state index contributed by atoms with van der Waals surface area (Å²) >= 11 is 0. The molecule has 1 aliphatic rings.